The number of hydrazine groups is 1. The van der Waals surface area contributed by atoms with Gasteiger partial charge < -0.3 is 4.90 Å². The first-order valence-corrected chi connectivity index (χ1v) is 7.93. The van der Waals surface area contributed by atoms with E-state index in [4.69, 9.17) is 0 Å². The number of nitrogens with zero attached hydrogens (tertiary/aromatic N) is 4. The maximum Gasteiger partial charge on any atom is 0.263 e. The van der Waals surface area contributed by atoms with Gasteiger partial charge in [-0.05, 0) is 31.4 Å². The third-order valence-corrected chi connectivity index (χ3v) is 4.79. The molecular weight excluding hydrogens is 276 g/mol. The molecule has 0 aromatic heterocycles. The number of fused-ring (bicyclic) bond motifs is 1. The molecule has 0 aliphatic carbocycles. The number of aliphatic imine (C=N–C) groups is 1. The molecule has 1 saturated heterocycles. The number of hydrogen-bond donors (Lipinski definition) is 0. The second-order valence-electron chi connectivity index (χ2n) is 6.10. The lowest BCUT2D eigenvalue weighted by atomic mass is 10.00. The Morgan fingerprint density at radius 3 is 2.82 bits per heavy atom. The summed E-state index contributed by atoms with van der Waals surface area (Å²) in [5.41, 5.74) is 2.62. The van der Waals surface area contributed by atoms with Crippen LogP contribution in [0.5, 0.6) is 0 Å². The number of aryl methyl sites for hydroxylation is 1. The summed E-state index contributed by atoms with van der Waals surface area (Å²) < 4.78 is 0. The molecule has 0 saturated carbocycles. The number of amidine groups is 1. The Labute approximate surface area is 132 Å². The topological polar surface area (TPSA) is 39.2 Å². The fourth-order valence-corrected chi connectivity index (χ4v) is 3.37. The van der Waals surface area contributed by atoms with Crippen molar-refractivity contribution in [3.05, 3.63) is 35.4 Å². The van der Waals surface area contributed by atoms with E-state index in [0.717, 1.165) is 18.7 Å². The van der Waals surface area contributed by atoms with Gasteiger partial charge in [0.05, 0.1) is 6.04 Å². The van der Waals surface area contributed by atoms with E-state index in [1.807, 2.05) is 26.0 Å². The summed E-state index contributed by atoms with van der Waals surface area (Å²) >= 11 is 0. The number of amides is 1. The van der Waals surface area contributed by atoms with Crippen molar-refractivity contribution in [3.63, 3.8) is 0 Å². The lowest BCUT2D eigenvalue weighted by molar-refractivity contribution is -0.138. The standard InChI is InChI=1S/C17H24N4O/c1-5-19(3)17(22)16-18-15-11-10-14(21(15)20(16)4)13-9-7-6-8-12(13)2/h6-9,14,16H,5,10-11H2,1-4H3. The van der Waals surface area contributed by atoms with Crippen LogP contribution in [0, 0.1) is 6.92 Å². The zero-order chi connectivity index (χ0) is 15.9. The van der Waals surface area contributed by atoms with Crippen molar-refractivity contribution in [3.8, 4) is 0 Å². The smallest absolute Gasteiger partial charge is 0.263 e. The zero-order valence-electron chi connectivity index (χ0n) is 13.8. The van der Waals surface area contributed by atoms with Crippen molar-refractivity contribution in [1.29, 1.82) is 0 Å². The SMILES string of the molecule is CCN(C)C(=O)C1N=C2CCC(c3ccccc3C)N2N1C. The molecule has 2 atom stereocenters. The number of rotatable bonds is 3. The Hall–Kier alpha value is -1.88. The second kappa shape index (κ2) is 5.72. The van der Waals surface area contributed by atoms with Gasteiger partial charge in [-0.15, -0.1) is 0 Å². The van der Waals surface area contributed by atoms with Gasteiger partial charge in [-0.2, -0.15) is 5.01 Å². The molecule has 2 heterocycles. The van der Waals surface area contributed by atoms with Crippen molar-refractivity contribution in [2.24, 2.45) is 4.99 Å². The monoisotopic (exact) mass is 300 g/mol. The van der Waals surface area contributed by atoms with E-state index >= 15 is 0 Å². The van der Waals surface area contributed by atoms with Crippen LogP contribution in [0.25, 0.3) is 0 Å². The van der Waals surface area contributed by atoms with Crippen LogP contribution in [0.2, 0.25) is 0 Å². The summed E-state index contributed by atoms with van der Waals surface area (Å²) in [7, 11) is 3.80. The van der Waals surface area contributed by atoms with E-state index in [0.29, 0.717) is 6.54 Å². The van der Waals surface area contributed by atoms with Crippen LogP contribution in [-0.4, -0.2) is 53.5 Å². The average molecular weight is 300 g/mol. The van der Waals surface area contributed by atoms with E-state index in [1.54, 1.807) is 4.90 Å². The van der Waals surface area contributed by atoms with Crippen LogP contribution >= 0.6 is 0 Å². The first-order chi connectivity index (χ1) is 10.5. The normalized spacial score (nSPS) is 24.4. The van der Waals surface area contributed by atoms with Crippen LogP contribution in [-0.2, 0) is 4.79 Å². The third-order valence-electron chi connectivity index (χ3n) is 4.79. The van der Waals surface area contributed by atoms with Gasteiger partial charge in [0.2, 0.25) is 0 Å². The fourth-order valence-electron chi connectivity index (χ4n) is 3.37. The molecule has 2 aliphatic heterocycles. The highest BCUT2D eigenvalue weighted by Gasteiger charge is 2.44. The molecule has 1 amide bonds. The Balaban J connectivity index is 1.87. The molecule has 22 heavy (non-hydrogen) atoms. The van der Waals surface area contributed by atoms with Gasteiger partial charge in [-0.1, -0.05) is 24.3 Å². The van der Waals surface area contributed by atoms with Crippen molar-refractivity contribution >= 4 is 11.7 Å². The molecule has 0 spiro atoms. The minimum absolute atomic E-state index is 0.0652. The summed E-state index contributed by atoms with van der Waals surface area (Å²) in [5, 5.41) is 4.22. The summed E-state index contributed by atoms with van der Waals surface area (Å²) in [4.78, 5) is 18.9. The zero-order valence-corrected chi connectivity index (χ0v) is 13.8. The lowest BCUT2D eigenvalue weighted by Gasteiger charge is -2.34. The molecule has 1 aromatic carbocycles. The molecule has 1 aromatic rings. The molecule has 1 fully saturated rings. The molecule has 0 N–H and O–H groups in total. The third kappa shape index (κ3) is 2.29. The highest BCUT2D eigenvalue weighted by Crippen LogP contribution is 2.39. The average Bonchev–Trinajstić information content (AvgIpc) is 3.07. The summed E-state index contributed by atoms with van der Waals surface area (Å²) in [6.07, 6.45) is 1.58. The Kier molecular flexibility index (Phi) is 3.91. The predicted molar refractivity (Wildman–Crippen MR) is 87.3 cm³/mol. The van der Waals surface area contributed by atoms with Crippen LogP contribution in [0.1, 0.15) is 36.9 Å². The van der Waals surface area contributed by atoms with Crippen molar-refractivity contribution in [2.45, 2.75) is 38.9 Å². The van der Waals surface area contributed by atoms with Gasteiger partial charge in [-0.3, -0.25) is 9.80 Å². The molecular formula is C17H24N4O. The van der Waals surface area contributed by atoms with Crippen molar-refractivity contribution in [2.75, 3.05) is 20.6 Å². The molecule has 3 rings (SSSR count). The fraction of sp³-hybridized carbons (Fsp3) is 0.529. The number of carbonyl (C=O) groups is 1. The van der Waals surface area contributed by atoms with Gasteiger partial charge in [0.15, 0.2) is 6.17 Å². The van der Waals surface area contributed by atoms with Gasteiger partial charge in [-0.25, -0.2) is 4.99 Å². The summed E-state index contributed by atoms with van der Waals surface area (Å²) in [5.74, 6) is 1.11. The molecule has 0 radical (unpaired) electrons. The summed E-state index contributed by atoms with van der Waals surface area (Å²) in [6, 6.07) is 8.77. The number of carbonyl (C=O) groups excluding carboxylic acids is 1. The largest absolute Gasteiger partial charge is 0.343 e. The van der Waals surface area contributed by atoms with Crippen LogP contribution in [0.15, 0.2) is 29.3 Å². The van der Waals surface area contributed by atoms with Crippen LogP contribution < -0.4 is 0 Å². The van der Waals surface area contributed by atoms with Crippen molar-refractivity contribution in [1.82, 2.24) is 14.9 Å². The van der Waals surface area contributed by atoms with E-state index in [9.17, 15) is 4.79 Å². The first-order valence-electron chi connectivity index (χ1n) is 7.93. The first kappa shape index (κ1) is 15.0. The molecule has 2 aliphatic rings. The second-order valence-corrected chi connectivity index (χ2v) is 6.10. The molecule has 118 valence electrons. The maximum absolute atomic E-state index is 12.5. The highest BCUT2D eigenvalue weighted by molar-refractivity contribution is 5.92. The quantitative estimate of drug-likeness (QED) is 0.859. The van der Waals surface area contributed by atoms with Gasteiger partial charge in [0.25, 0.3) is 5.91 Å². The molecule has 2 unspecified atom stereocenters. The Morgan fingerprint density at radius 2 is 2.14 bits per heavy atom. The molecule has 5 nitrogen and oxygen atoms in total. The van der Waals surface area contributed by atoms with Gasteiger partial charge in [0.1, 0.15) is 5.84 Å². The van der Waals surface area contributed by atoms with E-state index in [2.05, 4.69) is 41.2 Å². The van der Waals surface area contributed by atoms with Crippen molar-refractivity contribution < 1.29 is 4.79 Å². The van der Waals surface area contributed by atoms with Crippen LogP contribution in [0.3, 0.4) is 0 Å². The number of hydrogen-bond acceptors (Lipinski definition) is 4. The minimum atomic E-state index is -0.410. The molecule has 0 bridgehead atoms. The van der Waals surface area contributed by atoms with E-state index < -0.39 is 6.17 Å². The van der Waals surface area contributed by atoms with Gasteiger partial charge >= 0.3 is 0 Å². The van der Waals surface area contributed by atoms with Crippen LogP contribution in [0.4, 0.5) is 0 Å². The Morgan fingerprint density at radius 1 is 1.41 bits per heavy atom. The van der Waals surface area contributed by atoms with E-state index in [1.165, 1.54) is 11.1 Å². The Bertz CT molecular complexity index is 612. The number of benzene rings is 1. The highest BCUT2D eigenvalue weighted by atomic mass is 16.2. The lowest BCUT2D eigenvalue weighted by Crippen LogP contribution is -2.48. The predicted octanol–water partition coefficient (Wildman–Crippen LogP) is 2.20. The van der Waals surface area contributed by atoms with Gasteiger partial charge in [0, 0.05) is 27.1 Å². The minimum Gasteiger partial charge on any atom is -0.343 e. The summed E-state index contributed by atoms with van der Waals surface area (Å²) in [6.45, 7) is 4.83. The van der Waals surface area contributed by atoms with E-state index in [-0.39, 0.29) is 11.9 Å². The molecule has 5 heteroatoms. The maximum atomic E-state index is 12.5. The number of likely N-dealkylation sites (N-methyl/N-ethyl adjacent to an activating group) is 2.